The van der Waals surface area contributed by atoms with Crippen LogP contribution in [-0.4, -0.2) is 44.3 Å². The molecule has 0 radical (unpaired) electrons. The van der Waals surface area contributed by atoms with Gasteiger partial charge in [-0.2, -0.15) is 0 Å². The summed E-state index contributed by atoms with van der Waals surface area (Å²) in [6, 6.07) is 1.89. The second kappa shape index (κ2) is 6.14. The Kier molecular flexibility index (Phi) is 4.17. The molecule has 1 aliphatic heterocycles. The number of anilines is 1. The fraction of sp³-hybridized carbons (Fsp3) is 0.471. The molecular weight excluding hydrogens is 304 g/mol. The van der Waals surface area contributed by atoms with Crippen LogP contribution in [0.25, 0.3) is 0 Å². The van der Waals surface area contributed by atoms with Crippen LogP contribution in [0.4, 0.5) is 5.82 Å². The van der Waals surface area contributed by atoms with Crippen LogP contribution < -0.4 is 5.32 Å². The van der Waals surface area contributed by atoms with E-state index in [1.165, 1.54) is 6.33 Å². The number of hydrogen-bond acceptors (Lipinski definition) is 6. The van der Waals surface area contributed by atoms with Crippen molar-refractivity contribution in [3.05, 3.63) is 41.4 Å². The summed E-state index contributed by atoms with van der Waals surface area (Å²) in [5.74, 6) is 1.37. The summed E-state index contributed by atoms with van der Waals surface area (Å²) in [7, 11) is 1.83. The van der Waals surface area contributed by atoms with Gasteiger partial charge < -0.3 is 10.2 Å². The van der Waals surface area contributed by atoms with Crippen LogP contribution in [0.3, 0.4) is 0 Å². The first-order valence-corrected chi connectivity index (χ1v) is 8.08. The minimum absolute atomic E-state index is 0.0655. The Hall–Kier alpha value is -2.57. The minimum atomic E-state index is -0.531. The van der Waals surface area contributed by atoms with Gasteiger partial charge in [-0.15, -0.1) is 0 Å². The summed E-state index contributed by atoms with van der Waals surface area (Å²) in [6.45, 7) is 6.47. The molecule has 1 saturated heterocycles. The van der Waals surface area contributed by atoms with Gasteiger partial charge in [0.15, 0.2) is 5.82 Å². The number of nitrogens with one attached hydrogen (secondary N) is 1. The van der Waals surface area contributed by atoms with E-state index < -0.39 is 5.54 Å². The number of likely N-dealkylation sites (tertiary alicyclic amines) is 1. The number of carbonyl (C=O) groups is 1. The zero-order valence-electron chi connectivity index (χ0n) is 14.5. The van der Waals surface area contributed by atoms with Gasteiger partial charge in [-0.1, -0.05) is 0 Å². The Labute approximate surface area is 141 Å². The number of nitrogens with zero attached hydrogens (tertiary/aromatic N) is 5. The molecule has 1 aliphatic rings. The fourth-order valence-electron chi connectivity index (χ4n) is 3.20. The van der Waals surface area contributed by atoms with Crippen LogP contribution in [0, 0.1) is 13.8 Å². The molecule has 0 bridgehead atoms. The second-order valence-corrected chi connectivity index (χ2v) is 6.32. The monoisotopic (exact) mass is 326 g/mol. The standard InChI is InChI=1S/C17H22N6O/c1-11-8-14(18-4)22-16(21-11)17(3)6-5-7-23(17)15(24)13-9-19-10-20-12(13)2/h8-10H,5-7H2,1-4H3,(H,18,21,22)/t17-/m0/s1. The molecule has 3 heterocycles. The molecular formula is C17H22N6O. The van der Waals surface area contributed by atoms with E-state index in [1.54, 1.807) is 6.20 Å². The van der Waals surface area contributed by atoms with E-state index in [1.807, 2.05) is 38.8 Å². The van der Waals surface area contributed by atoms with Gasteiger partial charge in [-0.3, -0.25) is 4.79 Å². The van der Waals surface area contributed by atoms with E-state index in [-0.39, 0.29) is 5.91 Å². The van der Waals surface area contributed by atoms with E-state index >= 15 is 0 Å². The fourth-order valence-corrected chi connectivity index (χ4v) is 3.20. The predicted molar refractivity (Wildman–Crippen MR) is 90.7 cm³/mol. The number of amides is 1. The smallest absolute Gasteiger partial charge is 0.258 e. The van der Waals surface area contributed by atoms with Gasteiger partial charge in [0, 0.05) is 31.5 Å². The van der Waals surface area contributed by atoms with E-state index in [2.05, 4.69) is 25.3 Å². The number of hydrogen-bond donors (Lipinski definition) is 1. The van der Waals surface area contributed by atoms with Crippen molar-refractivity contribution in [2.24, 2.45) is 0 Å². The maximum Gasteiger partial charge on any atom is 0.258 e. The molecule has 7 heteroatoms. The minimum Gasteiger partial charge on any atom is -0.373 e. The van der Waals surface area contributed by atoms with Crippen LogP contribution in [0.5, 0.6) is 0 Å². The van der Waals surface area contributed by atoms with Gasteiger partial charge in [0.1, 0.15) is 17.7 Å². The first-order valence-electron chi connectivity index (χ1n) is 8.08. The molecule has 1 fully saturated rings. The molecule has 0 aromatic carbocycles. The third-order valence-corrected chi connectivity index (χ3v) is 4.62. The number of aryl methyl sites for hydroxylation is 2. The van der Waals surface area contributed by atoms with Crippen molar-refractivity contribution in [1.29, 1.82) is 0 Å². The molecule has 24 heavy (non-hydrogen) atoms. The average molecular weight is 326 g/mol. The number of carbonyl (C=O) groups excluding carboxylic acids is 1. The van der Waals surface area contributed by atoms with Gasteiger partial charge in [-0.25, -0.2) is 19.9 Å². The lowest BCUT2D eigenvalue weighted by Gasteiger charge is -2.34. The lowest BCUT2D eigenvalue weighted by Crippen LogP contribution is -2.44. The highest BCUT2D eigenvalue weighted by Crippen LogP contribution is 2.38. The van der Waals surface area contributed by atoms with E-state index in [4.69, 9.17) is 0 Å². The van der Waals surface area contributed by atoms with Crippen molar-refractivity contribution >= 4 is 11.7 Å². The van der Waals surface area contributed by atoms with Crippen LogP contribution in [-0.2, 0) is 5.54 Å². The first kappa shape index (κ1) is 16.3. The Morgan fingerprint density at radius 2 is 2.12 bits per heavy atom. The van der Waals surface area contributed by atoms with E-state index in [0.717, 1.165) is 24.4 Å². The average Bonchev–Trinajstić information content (AvgIpc) is 2.97. The van der Waals surface area contributed by atoms with Crippen molar-refractivity contribution in [2.45, 2.75) is 39.2 Å². The van der Waals surface area contributed by atoms with Crippen molar-refractivity contribution in [3.8, 4) is 0 Å². The zero-order valence-corrected chi connectivity index (χ0v) is 14.5. The van der Waals surface area contributed by atoms with Crippen molar-refractivity contribution in [1.82, 2.24) is 24.8 Å². The number of aromatic nitrogens is 4. The molecule has 126 valence electrons. The van der Waals surface area contributed by atoms with Crippen molar-refractivity contribution in [3.63, 3.8) is 0 Å². The molecule has 2 aromatic rings. The van der Waals surface area contributed by atoms with Gasteiger partial charge in [-0.05, 0) is 33.6 Å². The molecule has 1 amide bonds. The molecule has 3 rings (SSSR count). The largest absolute Gasteiger partial charge is 0.373 e. The molecule has 0 spiro atoms. The third-order valence-electron chi connectivity index (χ3n) is 4.62. The number of rotatable bonds is 3. The Morgan fingerprint density at radius 3 is 2.83 bits per heavy atom. The van der Waals surface area contributed by atoms with Gasteiger partial charge in [0.2, 0.25) is 0 Å². The second-order valence-electron chi connectivity index (χ2n) is 6.32. The van der Waals surface area contributed by atoms with Gasteiger partial charge in [0.25, 0.3) is 5.91 Å². The molecule has 7 nitrogen and oxygen atoms in total. The molecule has 2 aromatic heterocycles. The summed E-state index contributed by atoms with van der Waals surface area (Å²) >= 11 is 0. The van der Waals surface area contributed by atoms with Crippen molar-refractivity contribution in [2.75, 3.05) is 18.9 Å². The quantitative estimate of drug-likeness (QED) is 0.929. The van der Waals surface area contributed by atoms with E-state index in [9.17, 15) is 4.79 Å². The van der Waals surface area contributed by atoms with Crippen LogP contribution >= 0.6 is 0 Å². The highest BCUT2D eigenvalue weighted by Gasteiger charge is 2.44. The maximum absolute atomic E-state index is 13.1. The Balaban J connectivity index is 2.02. The highest BCUT2D eigenvalue weighted by molar-refractivity contribution is 5.95. The predicted octanol–water partition coefficient (Wildman–Crippen LogP) is 2.08. The summed E-state index contributed by atoms with van der Waals surface area (Å²) < 4.78 is 0. The molecule has 1 N–H and O–H groups in total. The summed E-state index contributed by atoms with van der Waals surface area (Å²) in [5, 5.41) is 3.06. The molecule has 0 unspecified atom stereocenters. The van der Waals surface area contributed by atoms with Crippen LogP contribution in [0.15, 0.2) is 18.6 Å². The van der Waals surface area contributed by atoms with Gasteiger partial charge in [0.05, 0.1) is 11.3 Å². The highest BCUT2D eigenvalue weighted by atomic mass is 16.2. The van der Waals surface area contributed by atoms with E-state index in [0.29, 0.717) is 23.6 Å². The molecule has 0 saturated carbocycles. The first-order chi connectivity index (χ1) is 11.5. The SMILES string of the molecule is CNc1cc(C)nc([C@]2(C)CCCN2C(=O)c2cncnc2C)n1. The van der Waals surface area contributed by atoms with Crippen molar-refractivity contribution < 1.29 is 4.79 Å². The zero-order chi connectivity index (χ0) is 17.3. The third kappa shape index (κ3) is 2.70. The normalized spacial score (nSPS) is 20.2. The van der Waals surface area contributed by atoms with Crippen LogP contribution in [0.2, 0.25) is 0 Å². The Bertz CT molecular complexity index is 777. The molecule has 1 atom stereocenters. The summed E-state index contributed by atoms with van der Waals surface area (Å²) in [6.07, 6.45) is 4.79. The summed E-state index contributed by atoms with van der Waals surface area (Å²) in [4.78, 5) is 32.3. The Morgan fingerprint density at radius 1 is 1.33 bits per heavy atom. The van der Waals surface area contributed by atoms with Gasteiger partial charge >= 0.3 is 0 Å². The maximum atomic E-state index is 13.1. The topological polar surface area (TPSA) is 83.9 Å². The lowest BCUT2D eigenvalue weighted by molar-refractivity contribution is 0.0602. The lowest BCUT2D eigenvalue weighted by atomic mass is 9.96. The molecule has 0 aliphatic carbocycles. The summed E-state index contributed by atoms with van der Waals surface area (Å²) in [5.41, 5.74) is 1.57. The van der Waals surface area contributed by atoms with Crippen LogP contribution in [0.1, 0.15) is 47.3 Å².